The molecule has 0 bridgehead atoms. The lowest BCUT2D eigenvalue weighted by Gasteiger charge is -2.35. The predicted octanol–water partition coefficient (Wildman–Crippen LogP) is 3.35. The molecule has 3 atom stereocenters. The van der Waals surface area contributed by atoms with E-state index in [0.717, 1.165) is 24.4 Å². The molecule has 1 aliphatic heterocycles. The summed E-state index contributed by atoms with van der Waals surface area (Å²) in [6, 6.07) is 1.48. The van der Waals surface area contributed by atoms with Crippen molar-refractivity contribution in [3.63, 3.8) is 0 Å². The molecule has 1 rings (SSSR count). The van der Waals surface area contributed by atoms with E-state index in [2.05, 4.69) is 25.1 Å². The maximum absolute atomic E-state index is 5.28. The standard InChI is InChI=1S/C14H25N/c1-4-6-7-9-14-11-12(3)10-13(15-14)8-5-2/h1,12-15H,5-11H2,2-3H3. The van der Waals surface area contributed by atoms with E-state index in [1.807, 2.05) is 0 Å². The van der Waals surface area contributed by atoms with Crippen LogP contribution in [-0.2, 0) is 0 Å². The van der Waals surface area contributed by atoms with E-state index >= 15 is 0 Å². The fourth-order valence-corrected chi connectivity index (χ4v) is 2.74. The first kappa shape index (κ1) is 12.6. The zero-order valence-corrected chi connectivity index (χ0v) is 10.3. The maximum Gasteiger partial charge on any atom is 0.00866 e. The number of piperidine rings is 1. The fraction of sp³-hybridized carbons (Fsp3) is 0.857. The highest BCUT2D eigenvalue weighted by molar-refractivity contribution is 4.87. The van der Waals surface area contributed by atoms with Crippen molar-refractivity contribution in [2.45, 2.75) is 70.9 Å². The molecule has 1 aliphatic rings. The van der Waals surface area contributed by atoms with Gasteiger partial charge >= 0.3 is 0 Å². The van der Waals surface area contributed by atoms with E-state index in [0.29, 0.717) is 0 Å². The monoisotopic (exact) mass is 207 g/mol. The molecule has 3 unspecified atom stereocenters. The van der Waals surface area contributed by atoms with Gasteiger partial charge in [-0.2, -0.15) is 0 Å². The summed E-state index contributed by atoms with van der Waals surface area (Å²) in [6.45, 7) is 4.66. The highest BCUT2D eigenvalue weighted by Crippen LogP contribution is 2.24. The summed E-state index contributed by atoms with van der Waals surface area (Å²) in [7, 11) is 0. The number of unbranched alkanes of at least 4 members (excludes halogenated alkanes) is 1. The second-order valence-electron chi connectivity index (χ2n) is 5.02. The molecule has 0 aromatic rings. The Labute approximate surface area is 95.0 Å². The highest BCUT2D eigenvalue weighted by atomic mass is 15.0. The highest BCUT2D eigenvalue weighted by Gasteiger charge is 2.24. The molecule has 0 aromatic carbocycles. The van der Waals surface area contributed by atoms with Crippen LogP contribution in [0.2, 0.25) is 0 Å². The minimum Gasteiger partial charge on any atom is -0.311 e. The third kappa shape index (κ3) is 4.71. The molecular weight excluding hydrogens is 182 g/mol. The van der Waals surface area contributed by atoms with Crippen molar-refractivity contribution in [3.8, 4) is 12.3 Å². The zero-order chi connectivity index (χ0) is 11.1. The van der Waals surface area contributed by atoms with Gasteiger partial charge < -0.3 is 5.32 Å². The Morgan fingerprint density at radius 2 is 1.93 bits per heavy atom. The van der Waals surface area contributed by atoms with Crippen LogP contribution in [0, 0.1) is 18.3 Å². The molecule has 0 spiro atoms. The first-order valence-corrected chi connectivity index (χ1v) is 6.45. The van der Waals surface area contributed by atoms with E-state index in [9.17, 15) is 0 Å². The van der Waals surface area contributed by atoms with Crippen LogP contribution in [-0.4, -0.2) is 12.1 Å². The van der Waals surface area contributed by atoms with Gasteiger partial charge in [0.2, 0.25) is 0 Å². The van der Waals surface area contributed by atoms with E-state index in [-0.39, 0.29) is 0 Å². The molecule has 0 aromatic heterocycles. The zero-order valence-electron chi connectivity index (χ0n) is 10.3. The van der Waals surface area contributed by atoms with Crippen molar-refractivity contribution in [1.82, 2.24) is 5.32 Å². The molecule has 15 heavy (non-hydrogen) atoms. The van der Waals surface area contributed by atoms with Gasteiger partial charge in [0, 0.05) is 18.5 Å². The molecule has 0 amide bonds. The summed E-state index contributed by atoms with van der Waals surface area (Å²) in [6.07, 6.45) is 14.0. The van der Waals surface area contributed by atoms with Crippen LogP contribution in [0.15, 0.2) is 0 Å². The molecule has 0 aliphatic carbocycles. The third-order valence-electron chi connectivity index (χ3n) is 3.36. The Hall–Kier alpha value is -0.480. The second-order valence-corrected chi connectivity index (χ2v) is 5.02. The third-order valence-corrected chi connectivity index (χ3v) is 3.36. The number of hydrogen-bond acceptors (Lipinski definition) is 1. The topological polar surface area (TPSA) is 12.0 Å². The van der Waals surface area contributed by atoms with Gasteiger partial charge in [-0.05, 0) is 38.0 Å². The summed E-state index contributed by atoms with van der Waals surface area (Å²) in [5.41, 5.74) is 0. The number of nitrogens with one attached hydrogen (secondary N) is 1. The predicted molar refractivity (Wildman–Crippen MR) is 66.7 cm³/mol. The molecule has 1 heteroatoms. The van der Waals surface area contributed by atoms with Crippen LogP contribution < -0.4 is 5.32 Å². The summed E-state index contributed by atoms with van der Waals surface area (Å²) in [4.78, 5) is 0. The maximum atomic E-state index is 5.28. The summed E-state index contributed by atoms with van der Waals surface area (Å²) < 4.78 is 0. The van der Waals surface area contributed by atoms with Crippen molar-refractivity contribution in [2.24, 2.45) is 5.92 Å². The van der Waals surface area contributed by atoms with Crippen molar-refractivity contribution in [2.75, 3.05) is 0 Å². The van der Waals surface area contributed by atoms with E-state index < -0.39 is 0 Å². The van der Waals surface area contributed by atoms with Crippen LogP contribution in [0.4, 0.5) is 0 Å². The Morgan fingerprint density at radius 1 is 1.27 bits per heavy atom. The average Bonchev–Trinajstić information content (AvgIpc) is 2.18. The lowest BCUT2D eigenvalue weighted by atomic mass is 9.86. The molecule has 1 fully saturated rings. The van der Waals surface area contributed by atoms with Crippen molar-refractivity contribution < 1.29 is 0 Å². The van der Waals surface area contributed by atoms with Gasteiger partial charge in [0.1, 0.15) is 0 Å². The fourth-order valence-electron chi connectivity index (χ4n) is 2.74. The van der Waals surface area contributed by atoms with Gasteiger partial charge in [0.05, 0.1) is 0 Å². The van der Waals surface area contributed by atoms with Crippen LogP contribution in [0.25, 0.3) is 0 Å². The largest absolute Gasteiger partial charge is 0.311 e. The van der Waals surface area contributed by atoms with E-state index in [4.69, 9.17) is 6.42 Å². The number of terminal acetylenes is 1. The van der Waals surface area contributed by atoms with E-state index in [1.165, 1.54) is 38.5 Å². The molecule has 0 radical (unpaired) electrons. The van der Waals surface area contributed by atoms with Gasteiger partial charge in [-0.3, -0.25) is 0 Å². The van der Waals surface area contributed by atoms with Gasteiger partial charge in [0.15, 0.2) is 0 Å². The van der Waals surface area contributed by atoms with Gasteiger partial charge in [-0.1, -0.05) is 20.3 Å². The lowest BCUT2D eigenvalue weighted by Crippen LogP contribution is -2.44. The number of hydrogen-bond donors (Lipinski definition) is 1. The summed E-state index contributed by atoms with van der Waals surface area (Å²) >= 11 is 0. The molecule has 1 saturated heterocycles. The molecule has 86 valence electrons. The minimum absolute atomic E-state index is 0.721. The summed E-state index contributed by atoms with van der Waals surface area (Å²) in [5.74, 6) is 3.61. The number of rotatable bonds is 5. The van der Waals surface area contributed by atoms with Gasteiger partial charge in [-0.15, -0.1) is 12.3 Å². The molecule has 1 heterocycles. The first-order chi connectivity index (χ1) is 7.26. The Bertz CT molecular complexity index is 204. The summed E-state index contributed by atoms with van der Waals surface area (Å²) in [5, 5.41) is 3.78. The Morgan fingerprint density at radius 3 is 2.53 bits per heavy atom. The van der Waals surface area contributed by atoms with Crippen LogP contribution >= 0.6 is 0 Å². The first-order valence-electron chi connectivity index (χ1n) is 6.45. The molecular formula is C14H25N. The van der Waals surface area contributed by atoms with Gasteiger partial charge in [0.25, 0.3) is 0 Å². The quantitative estimate of drug-likeness (QED) is 0.538. The van der Waals surface area contributed by atoms with Crippen LogP contribution in [0.5, 0.6) is 0 Å². The Kier molecular flexibility index (Phi) is 5.79. The SMILES string of the molecule is C#CCCCC1CC(C)CC(CCC)N1. The van der Waals surface area contributed by atoms with Crippen molar-refractivity contribution >= 4 is 0 Å². The lowest BCUT2D eigenvalue weighted by molar-refractivity contribution is 0.235. The van der Waals surface area contributed by atoms with Crippen molar-refractivity contribution in [1.29, 1.82) is 0 Å². The smallest absolute Gasteiger partial charge is 0.00866 e. The van der Waals surface area contributed by atoms with Crippen LogP contribution in [0.1, 0.15) is 58.8 Å². The normalized spacial score (nSPS) is 31.1. The van der Waals surface area contributed by atoms with E-state index in [1.54, 1.807) is 0 Å². The molecule has 0 saturated carbocycles. The minimum atomic E-state index is 0.721. The molecule has 1 N–H and O–H groups in total. The van der Waals surface area contributed by atoms with Crippen molar-refractivity contribution in [3.05, 3.63) is 0 Å². The Balaban J connectivity index is 2.28. The van der Waals surface area contributed by atoms with Crippen LogP contribution in [0.3, 0.4) is 0 Å². The second kappa shape index (κ2) is 6.90. The van der Waals surface area contributed by atoms with Gasteiger partial charge in [-0.25, -0.2) is 0 Å². The average molecular weight is 207 g/mol. The molecule has 1 nitrogen and oxygen atoms in total.